The molecule has 0 aliphatic carbocycles. The summed E-state index contributed by atoms with van der Waals surface area (Å²) in [5, 5.41) is 0. The Morgan fingerprint density at radius 3 is 2.44 bits per heavy atom. The van der Waals surface area contributed by atoms with E-state index in [9.17, 15) is 13.2 Å². The van der Waals surface area contributed by atoms with Gasteiger partial charge in [-0.1, -0.05) is 18.2 Å². The second-order valence-corrected chi connectivity index (χ2v) is 9.44. The fourth-order valence-electron chi connectivity index (χ4n) is 3.86. The smallest absolute Gasteiger partial charge is 0.280 e. The first-order valence-corrected chi connectivity index (χ1v) is 10.8. The van der Waals surface area contributed by atoms with Gasteiger partial charge >= 0.3 is 0 Å². The normalized spacial score (nSPS) is 24.9. The van der Waals surface area contributed by atoms with Gasteiger partial charge in [0.25, 0.3) is 5.91 Å². The monoisotopic (exact) mass is 366 g/mol. The van der Waals surface area contributed by atoms with Crippen molar-refractivity contribution >= 4 is 21.4 Å². The van der Waals surface area contributed by atoms with Crippen LogP contribution < -0.4 is 9.80 Å². The topological polar surface area (TPSA) is 62.1 Å². The first-order valence-electron chi connectivity index (χ1n) is 8.99. The van der Waals surface area contributed by atoms with Gasteiger partial charge in [0.05, 0.1) is 37.7 Å². The highest BCUT2D eigenvalue weighted by Crippen LogP contribution is 2.17. The summed E-state index contributed by atoms with van der Waals surface area (Å²) in [5.41, 5.74) is 1.23. The zero-order chi connectivity index (χ0) is 18.0. The van der Waals surface area contributed by atoms with E-state index in [-0.39, 0.29) is 29.5 Å². The number of piperazine rings is 1. The van der Waals surface area contributed by atoms with E-state index in [2.05, 4.69) is 17.0 Å². The molecule has 2 fully saturated rings. The average Bonchev–Trinajstić information content (AvgIpc) is 3.00. The van der Waals surface area contributed by atoms with Crippen molar-refractivity contribution in [3.05, 3.63) is 30.3 Å². The Kier molecular flexibility index (Phi) is 5.34. The number of hydrogen-bond acceptors (Lipinski definition) is 4. The number of likely N-dealkylation sites (N-methyl/N-ethyl adjacent to an activating group) is 1. The number of nitrogens with one attached hydrogen (secondary N) is 1. The predicted octanol–water partition coefficient (Wildman–Crippen LogP) is -0.574. The maximum Gasteiger partial charge on any atom is 0.280 e. The summed E-state index contributed by atoms with van der Waals surface area (Å²) in [6.07, 6.45) is 0.564. The minimum Gasteiger partial charge on any atom is -0.360 e. The zero-order valence-corrected chi connectivity index (χ0v) is 15.8. The molecule has 0 aromatic heterocycles. The van der Waals surface area contributed by atoms with Crippen LogP contribution in [0.5, 0.6) is 0 Å². The molecule has 0 unspecified atom stereocenters. The van der Waals surface area contributed by atoms with Gasteiger partial charge in [0.1, 0.15) is 0 Å². The van der Waals surface area contributed by atoms with Gasteiger partial charge in [-0.15, -0.1) is 0 Å². The van der Waals surface area contributed by atoms with Crippen molar-refractivity contribution in [2.24, 2.45) is 0 Å². The maximum atomic E-state index is 12.8. The molecule has 138 valence electrons. The highest BCUT2D eigenvalue weighted by molar-refractivity contribution is 7.91. The molecule has 7 heteroatoms. The number of rotatable bonds is 4. The van der Waals surface area contributed by atoms with E-state index in [1.807, 2.05) is 25.1 Å². The number of carbonyl (C=O) groups excluding carboxylic acids is 1. The lowest BCUT2D eigenvalue weighted by molar-refractivity contribution is -0.915. The Labute approximate surface area is 150 Å². The number of para-hydroxylation sites is 1. The lowest BCUT2D eigenvalue weighted by Gasteiger charge is -2.37. The number of carbonyl (C=O) groups is 1. The molecule has 2 heterocycles. The molecule has 2 atom stereocenters. The van der Waals surface area contributed by atoms with E-state index in [1.54, 1.807) is 11.9 Å². The maximum absolute atomic E-state index is 12.8. The van der Waals surface area contributed by atoms with E-state index < -0.39 is 9.84 Å². The van der Waals surface area contributed by atoms with Gasteiger partial charge in [-0.25, -0.2) is 8.42 Å². The third-order valence-electron chi connectivity index (χ3n) is 5.61. The van der Waals surface area contributed by atoms with Crippen LogP contribution in [0.3, 0.4) is 0 Å². The van der Waals surface area contributed by atoms with Gasteiger partial charge in [0.15, 0.2) is 15.9 Å². The Hall–Kier alpha value is -1.60. The van der Waals surface area contributed by atoms with Gasteiger partial charge in [-0.2, -0.15) is 0 Å². The summed E-state index contributed by atoms with van der Waals surface area (Å²) >= 11 is 0. The minimum absolute atomic E-state index is 0.0604. The second-order valence-electron chi connectivity index (χ2n) is 7.21. The van der Waals surface area contributed by atoms with Crippen LogP contribution >= 0.6 is 0 Å². The van der Waals surface area contributed by atoms with Crippen molar-refractivity contribution in [1.82, 2.24) is 4.90 Å². The van der Waals surface area contributed by atoms with Crippen molar-refractivity contribution in [3.63, 3.8) is 0 Å². The van der Waals surface area contributed by atoms with Crippen molar-refractivity contribution in [3.8, 4) is 0 Å². The molecule has 2 aliphatic rings. The molecule has 0 radical (unpaired) electrons. The highest BCUT2D eigenvalue weighted by Gasteiger charge is 2.37. The first-order chi connectivity index (χ1) is 11.9. The van der Waals surface area contributed by atoms with Crippen molar-refractivity contribution in [1.29, 1.82) is 0 Å². The predicted molar refractivity (Wildman–Crippen MR) is 98.6 cm³/mol. The third-order valence-corrected chi connectivity index (χ3v) is 7.36. The molecule has 1 aromatic carbocycles. The molecule has 6 nitrogen and oxygen atoms in total. The summed E-state index contributed by atoms with van der Waals surface area (Å²) in [6, 6.07) is 10.1. The fourth-order valence-corrected chi connectivity index (χ4v) is 5.64. The van der Waals surface area contributed by atoms with E-state index in [0.717, 1.165) is 26.2 Å². The zero-order valence-electron chi connectivity index (χ0n) is 15.0. The minimum atomic E-state index is -2.97. The number of quaternary nitrogens is 1. The Balaban J connectivity index is 1.55. The van der Waals surface area contributed by atoms with Crippen LogP contribution in [-0.4, -0.2) is 76.0 Å². The van der Waals surface area contributed by atoms with Crippen LogP contribution in [0, 0.1) is 0 Å². The molecule has 1 aromatic rings. The molecule has 1 amide bonds. The van der Waals surface area contributed by atoms with Crippen LogP contribution in [0.1, 0.15) is 13.3 Å². The van der Waals surface area contributed by atoms with Crippen LogP contribution in [0.4, 0.5) is 5.69 Å². The van der Waals surface area contributed by atoms with E-state index in [4.69, 9.17) is 0 Å². The van der Waals surface area contributed by atoms with Crippen LogP contribution in [0.25, 0.3) is 0 Å². The highest BCUT2D eigenvalue weighted by atomic mass is 32.2. The molecule has 2 aliphatic heterocycles. The van der Waals surface area contributed by atoms with Crippen LogP contribution in [0.15, 0.2) is 30.3 Å². The molecule has 0 bridgehead atoms. The summed E-state index contributed by atoms with van der Waals surface area (Å²) in [6.45, 7) is 5.66. The molecular weight excluding hydrogens is 338 g/mol. The standard InChI is InChI=1S/C18H27N3O3S/c1-15(18(22)19(2)17-8-13-25(23,24)14-17)20-9-11-21(12-10-20)16-6-4-3-5-7-16/h3-7,15,17H,8-14H2,1-2H3/p+1/t15-,17-/m0/s1. The molecule has 3 rings (SSSR count). The molecular formula is C18H28N3O3S+. The molecule has 1 N–H and O–H groups in total. The molecule has 25 heavy (non-hydrogen) atoms. The van der Waals surface area contributed by atoms with E-state index >= 15 is 0 Å². The number of hydrogen-bond donors (Lipinski definition) is 1. The first kappa shape index (κ1) is 18.2. The Bertz CT molecular complexity index is 700. The van der Waals surface area contributed by atoms with Crippen LogP contribution in [-0.2, 0) is 14.6 Å². The van der Waals surface area contributed by atoms with Gasteiger partial charge in [0, 0.05) is 18.8 Å². The lowest BCUT2D eigenvalue weighted by Crippen LogP contribution is -3.19. The molecule has 0 spiro atoms. The van der Waals surface area contributed by atoms with E-state index in [0.29, 0.717) is 6.42 Å². The number of nitrogens with zero attached hydrogens (tertiary/aromatic N) is 2. The van der Waals surface area contributed by atoms with Crippen LogP contribution in [0.2, 0.25) is 0 Å². The summed E-state index contributed by atoms with van der Waals surface area (Å²) in [7, 11) is -1.22. The van der Waals surface area contributed by atoms with Crippen molar-refractivity contribution < 1.29 is 18.1 Å². The fraction of sp³-hybridized carbons (Fsp3) is 0.611. The SMILES string of the molecule is C[C@@H](C(=O)N(C)[C@H]1CCS(=O)(=O)C1)[NH+]1CCN(c2ccccc2)CC1. The van der Waals surface area contributed by atoms with Gasteiger partial charge in [0.2, 0.25) is 0 Å². The summed E-state index contributed by atoms with van der Waals surface area (Å²) in [4.78, 5) is 18.1. The summed E-state index contributed by atoms with van der Waals surface area (Å²) in [5.74, 6) is 0.371. The lowest BCUT2D eigenvalue weighted by atomic mass is 10.1. The average molecular weight is 367 g/mol. The van der Waals surface area contributed by atoms with Crippen molar-refractivity contribution in [2.75, 3.05) is 49.6 Å². The van der Waals surface area contributed by atoms with Crippen molar-refractivity contribution in [2.45, 2.75) is 25.4 Å². The number of sulfone groups is 1. The molecule has 2 saturated heterocycles. The summed E-state index contributed by atoms with van der Waals surface area (Å²) < 4.78 is 23.3. The quantitative estimate of drug-likeness (QED) is 0.775. The number of amides is 1. The Morgan fingerprint density at radius 1 is 1.24 bits per heavy atom. The third kappa shape index (κ3) is 4.15. The van der Waals surface area contributed by atoms with E-state index in [1.165, 1.54) is 10.6 Å². The Morgan fingerprint density at radius 2 is 1.88 bits per heavy atom. The number of anilines is 1. The molecule has 0 saturated carbocycles. The number of benzene rings is 1. The van der Waals surface area contributed by atoms with Gasteiger partial charge in [-0.05, 0) is 25.5 Å². The van der Waals surface area contributed by atoms with Gasteiger partial charge in [-0.3, -0.25) is 4.79 Å². The second kappa shape index (κ2) is 7.33. The van der Waals surface area contributed by atoms with Gasteiger partial charge < -0.3 is 14.7 Å². The largest absolute Gasteiger partial charge is 0.360 e.